The molecule has 2 rings (SSSR count). The summed E-state index contributed by atoms with van der Waals surface area (Å²) in [5.74, 6) is 1.02. The predicted octanol–water partition coefficient (Wildman–Crippen LogP) is 3.39. The van der Waals surface area contributed by atoms with Gasteiger partial charge < -0.3 is 10.1 Å². The topological polar surface area (TPSA) is 59.9 Å². The van der Waals surface area contributed by atoms with Crippen LogP contribution in [0, 0.1) is 0 Å². The van der Waals surface area contributed by atoms with Gasteiger partial charge in [-0.15, -0.1) is 0 Å². The fourth-order valence-electron chi connectivity index (χ4n) is 1.48. The number of hydrogen-bond donors (Lipinski definition) is 1. The van der Waals surface area contributed by atoms with E-state index in [0.717, 1.165) is 5.56 Å². The van der Waals surface area contributed by atoms with Crippen molar-refractivity contribution in [3.8, 4) is 11.8 Å². The maximum Gasteiger partial charge on any atom is 0.328 e. The van der Waals surface area contributed by atoms with Crippen LogP contribution >= 0.6 is 11.6 Å². The molecule has 0 aliphatic heterocycles. The van der Waals surface area contributed by atoms with Crippen molar-refractivity contribution < 1.29 is 4.74 Å². The molecule has 1 heterocycles. The molecule has 1 aromatic heterocycles. The second-order valence-corrected chi connectivity index (χ2v) is 3.94. The molecule has 0 unspecified atom stereocenters. The van der Waals surface area contributed by atoms with Gasteiger partial charge in [-0.3, -0.25) is 0 Å². The molecule has 5 nitrogen and oxygen atoms in total. The number of aromatic nitrogens is 3. The third-order valence-corrected chi connectivity index (χ3v) is 2.45. The number of hydrogen-bond acceptors (Lipinski definition) is 5. The number of anilines is 1. The fourth-order valence-corrected chi connectivity index (χ4v) is 1.63. The Morgan fingerprint density at radius 1 is 1.21 bits per heavy atom. The molecule has 0 saturated carbocycles. The fraction of sp³-hybridized carbons (Fsp3) is 0.154. The smallest absolute Gasteiger partial charge is 0.328 e. The Hall–Kier alpha value is -2.14. The standard InChI is InChI=1S/C13H13ClN4O/c1-3-6-9-7-4-5-8-10(9)19-13-17-11(14)16-12(15-2)18-13/h3-8H,1-2H3,(H,15,16,17,18)/b6-3+. The van der Waals surface area contributed by atoms with Crippen molar-refractivity contribution in [1.29, 1.82) is 0 Å². The van der Waals surface area contributed by atoms with E-state index in [2.05, 4.69) is 20.3 Å². The second kappa shape index (κ2) is 6.15. The molecule has 0 amide bonds. The van der Waals surface area contributed by atoms with Gasteiger partial charge in [0.2, 0.25) is 11.2 Å². The number of para-hydroxylation sites is 1. The molecule has 2 aromatic rings. The number of nitrogens with one attached hydrogen (secondary N) is 1. The summed E-state index contributed by atoms with van der Waals surface area (Å²) < 4.78 is 5.65. The molecule has 0 radical (unpaired) electrons. The van der Waals surface area contributed by atoms with Crippen LogP contribution < -0.4 is 10.1 Å². The highest BCUT2D eigenvalue weighted by molar-refractivity contribution is 6.28. The lowest BCUT2D eigenvalue weighted by molar-refractivity contribution is 0.439. The first kappa shape index (κ1) is 13.3. The van der Waals surface area contributed by atoms with E-state index in [1.54, 1.807) is 7.05 Å². The minimum Gasteiger partial charge on any atom is -0.424 e. The van der Waals surface area contributed by atoms with E-state index in [1.807, 2.05) is 43.3 Å². The number of benzene rings is 1. The highest BCUT2D eigenvalue weighted by Gasteiger charge is 2.08. The average molecular weight is 277 g/mol. The second-order valence-electron chi connectivity index (χ2n) is 3.60. The Balaban J connectivity index is 2.33. The van der Waals surface area contributed by atoms with Crippen molar-refractivity contribution in [3.05, 3.63) is 41.2 Å². The van der Waals surface area contributed by atoms with Crippen LogP contribution in [0.25, 0.3) is 6.08 Å². The normalized spacial score (nSPS) is 10.7. The molecule has 19 heavy (non-hydrogen) atoms. The summed E-state index contributed by atoms with van der Waals surface area (Å²) in [7, 11) is 1.70. The lowest BCUT2D eigenvalue weighted by atomic mass is 10.2. The van der Waals surface area contributed by atoms with E-state index in [0.29, 0.717) is 11.7 Å². The van der Waals surface area contributed by atoms with Crippen molar-refractivity contribution in [3.63, 3.8) is 0 Å². The molecule has 0 atom stereocenters. The van der Waals surface area contributed by atoms with E-state index >= 15 is 0 Å². The maximum absolute atomic E-state index is 5.80. The lowest BCUT2D eigenvalue weighted by Crippen LogP contribution is -2.01. The largest absolute Gasteiger partial charge is 0.424 e. The van der Waals surface area contributed by atoms with Crippen LogP contribution in [0.5, 0.6) is 11.8 Å². The molecule has 1 aromatic carbocycles. The zero-order chi connectivity index (χ0) is 13.7. The first-order chi connectivity index (χ1) is 9.22. The molecule has 0 aliphatic rings. The molecule has 0 saturated heterocycles. The molecule has 0 fully saturated rings. The number of rotatable bonds is 4. The summed E-state index contributed by atoms with van der Waals surface area (Å²) in [6.45, 7) is 1.94. The Kier molecular flexibility index (Phi) is 4.30. The van der Waals surface area contributed by atoms with Crippen LogP contribution in [0.3, 0.4) is 0 Å². The summed E-state index contributed by atoms with van der Waals surface area (Å²) in [6.07, 6.45) is 3.87. The van der Waals surface area contributed by atoms with Gasteiger partial charge in [0.1, 0.15) is 5.75 Å². The van der Waals surface area contributed by atoms with Gasteiger partial charge in [-0.25, -0.2) is 0 Å². The number of allylic oxidation sites excluding steroid dienone is 1. The monoisotopic (exact) mass is 276 g/mol. The van der Waals surface area contributed by atoms with Gasteiger partial charge in [0.15, 0.2) is 0 Å². The minimum absolute atomic E-state index is 0.0814. The van der Waals surface area contributed by atoms with Crippen molar-refractivity contribution in [2.24, 2.45) is 0 Å². The lowest BCUT2D eigenvalue weighted by Gasteiger charge is -2.08. The number of halogens is 1. The van der Waals surface area contributed by atoms with Crippen LogP contribution in [0.4, 0.5) is 5.95 Å². The highest BCUT2D eigenvalue weighted by Crippen LogP contribution is 2.24. The zero-order valence-corrected chi connectivity index (χ0v) is 11.3. The van der Waals surface area contributed by atoms with Gasteiger partial charge in [0.05, 0.1) is 0 Å². The Morgan fingerprint density at radius 2 is 2.00 bits per heavy atom. The third-order valence-electron chi connectivity index (χ3n) is 2.28. The minimum atomic E-state index is 0.0814. The van der Waals surface area contributed by atoms with Crippen molar-refractivity contribution in [2.45, 2.75) is 6.92 Å². The summed E-state index contributed by atoms with van der Waals surface area (Å²) in [5, 5.41) is 2.87. The number of nitrogens with zero attached hydrogens (tertiary/aromatic N) is 3. The van der Waals surface area contributed by atoms with Gasteiger partial charge >= 0.3 is 6.01 Å². The molecular formula is C13H13ClN4O. The van der Waals surface area contributed by atoms with Crippen molar-refractivity contribution in [2.75, 3.05) is 12.4 Å². The molecule has 0 aliphatic carbocycles. The Labute approximate surface area is 116 Å². The SMILES string of the molecule is C/C=C/c1ccccc1Oc1nc(Cl)nc(NC)n1. The number of ether oxygens (including phenoxy) is 1. The summed E-state index contributed by atoms with van der Waals surface area (Å²) >= 11 is 5.80. The van der Waals surface area contributed by atoms with Gasteiger partial charge in [-0.2, -0.15) is 15.0 Å². The van der Waals surface area contributed by atoms with Crippen LogP contribution in [-0.2, 0) is 0 Å². The van der Waals surface area contributed by atoms with E-state index in [-0.39, 0.29) is 11.3 Å². The van der Waals surface area contributed by atoms with E-state index in [4.69, 9.17) is 16.3 Å². The molecule has 1 N–H and O–H groups in total. The molecular weight excluding hydrogens is 264 g/mol. The third kappa shape index (κ3) is 3.42. The van der Waals surface area contributed by atoms with Gasteiger partial charge in [-0.05, 0) is 24.6 Å². The molecule has 0 spiro atoms. The first-order valence-corrected chi connectivity index (χ1v) is 6.09. The quantitative estimate of drug-likeness (QED) is 0.927. The summed E-state index contributed by atoms with van der Waals surface area (Å²) in [4.78, 5) is 11.9. The summed E-state index contributed by atoms with van der Waals surface area (Å²) in [6, 6.07) is 7.75. The van der Waals surface area contributed by atoms with Gasteiger partial charge in [0, 0.05) is 12.6 Å². The van der Waals surface area contributed by atoms with Crippen molar-refractivity contribution in [1.82, 2.24) is 15.0 Å². The van der Waals surface area contributed by atoms with Crippen LogP contribution in [0.1, 0.15) is 12.5 Å². The molecule has 98 valence electrons. The first-order valence-electron chi connectivity index (χ1n) is 5.72. The Morgan fingerprint density at radius 3 is 2.74 bits per heavy atom. The zero-order valence-electron chi connectivity index (χ0n) is 10.6. The average Bonchev–Trinajstić information content (AvgIpc) is 2.40. The Bertz CT molecular complexity index is 601. The molecule has 6 heteroatoms. The van der Waals surface area contributed by atoms with Gasteiger partial charge in [-0.1, -0.05) is 30.4 Å². The van der Waals surface area contributed by atoms with E-state index in [9.17, 15) is 0 Å². The van der Waals surface area contributed by atoms with Crippen molar-refractivity contribution >= 4 is 23.6 Å². The summed E-state index contributed by atoms with van der Waals surface area (Å²) in [5.41, 5.74) is 0.938. The predicted molar refractivity (Wildman–Crippen MR) is 75.6 cm³/mol. The van der Waals surface area contributed by atoms with Crippen LogP contribution in [0.15, 0.2) is 30.3 Å². The van der Waals surface area contributed by atoms with E-state index in [1.165, 1.54) is 0 Å². The van der Waals surface area contributed by atoms with Crippen LogP contribution in [-0.4, -0.2) is 22.0 Å². The van der Waals surface area contributed by atoms with Gasteiger partial charge in [0.25, 0.3) is 0 Å². The van der Waals surface area contributed by atoms with E-state index < -0.39 is 0 Å². The highest BCUT2D eigenvalue weighted by atomic mass is 35.5. The maximum atomic E-state index is 5.80. The van der Waals surface area contributed by atoms with Crippen LogP contribution in [0.2, 0.25) is 5.28 Å². The molecule has 0 bridgehead atoms.